The summed E-state index contributed by atoms with van der Waals surface area (Å²) >= 11 is 1.53. The van der Waals surface area contributed by atoms with Crippen LogP contribution in [0.25, 0.3) is 0 Å². The minimum Gasteiger partial charge on any atom is -0.484 e. The molecule has 12 heteroatoms. The molecule has 0 bridgehead atoms. The summed E-state index contributed by atoms with van der Waals surface area (Å²) < 4.78 is 5.62. The number of carbonyl (C=O) groups excluding carboxylic acids is 2. The fourth-order valence-corrected chi connectivity index (χ4v) is 4.84. The maximum atomic E-state index is 12.6. The van der Waals surface area contributed by atoms with Crippen LogP contribution in [0.15, 0.2) is 72.1 Å². The lowest BCUT2D eigenvalue weighted by molar-refractivity contribution is -0.187. The molecule has 7 N–H and O–H groups in total. The molecule has 0 aliphatic carbocycles. The molecular formula is C27H27NO10S. The van der Waals surface area contributed by atoms with Crippen LogP contribution < -0.4 is 10.5 Å². The highest BCUT2D eigenvalue weighted by Gasteiger charge is 2.69. The van der Waals surface area contributed by atoms with Crippen molar-refractivity contribution >= 4 is 34.8 Å². The Hall–Kier alpha value is -3.94. The summed E-state index contributed by atoms with van der Waals surface area (Å²) in [7, 11) is 0. The van der Waals surface area contributed by atoms with Gasteiger partial charge in [-0.1, -0.05) is 60.7 Å². The zero-order chi connectivity index (χ0) is 29.2. The van der Waals surface area contributed by atoms with E-state index in [1.54, 1.807) is 0 Å². The highest BCUT2D eigenvalue weighted by molar-refractivity contribution is 7.10. The van der Waals surface area contributed by atoms with E-state index in [0.29, 0.717) is 0 Å². The molecule has 0 spiro atoms. The van der Waals surface area contributed by atoms with Crippen LogP contribution in [0.5, 0.6) is 5.75 Å². The number of nitrogens with two attached hydrogens (primary N) is 1. The maximum absolute atomic E-state index is 12.6. The lowest BCUT2D eigenvalue weighted by Gasteiger charge is -2.39. The second-order valence-electron chi connectivity index (χ2n) is 9.25. The third-order valence-electron chi connectivity index (χ3n) is 6.26. The Morgan fingerprint density at radius 3 is 1.62 bits per heavy atom. The third kappa shape index (κ3) is 5.20. The highest BCUT2D eigenvalue weighted by Crippen LogP contribution is 2.41. The van der Waals surface area contributed by atoms with Crippen molar-refractivity contribution in [1.82, 2.24) is 0 Å². The van der Waals surface area contributed by atoms with E-state index in [4.69, 9.17) is 10.5 Å². The second-order valence-corrected chi connectivity index (χ2v) is 10.2. The van der Waals surface area contributed by atoms with Gasteiger partial charge in [-0.2, -0.15) is 0 Å². The molecule has 3 aromatic rings. The first-order chi connectivity index (χ1) is 18.2. The molecule has 4 atom stereocenters. The van der Waals surface area contributed by atoms with Crippen molar-refractivity contribution in [2.45, 2.75) is 42.8 Å². The van der Waals surface area contributed by atoms with Crippen LogP contribution in [0, 0.1) is 0 Å². The van der Waals surface area contributed by atoms with Crippen molar-refractivity contribution in [1.29, 1.82) is 0 Å². The Morgan fingerprint density at radius 2 is 1.23 bits per heavy atom. The van der Waals surface area contributed by atoms with Crippen molar-refractivity contribution < 1.29 is 49.4 Å². The second kappa shape index (κ2) is 11.0. The molecule has 206 valence electrons. The van der Waals surface area contributed by atoms with Crippen molar-refractivity contribution in [2.24, 2.45) is 5.73 Å². The zero-order valence-corrected chi connectivity index (χ0v) is 21.7. The van der Waals surface area contributed by atoms with Gasteiger partial charge in [-0.25, -0.2) is 9.59 Å². The number of aliphatic hydroxyl groups is 3. The fourth-order valence-electron chi connectivity index (χ4n) is 3.99. The molecule has 4 rings (SSSR count). The maximum Gasteiger partial charge on any atom is 0.348 e. The molecule has 0 radical (unpaired) electrons. The average Bonchev–Trinajstić information content (AvgIpc) is 3.38. The Bertz CT molecular complexity index is 1300. The summed E-state index contributed by atoms with van der Waals surface area (Å²) in [6.45, 7) is 3.69. The number of benzene rings is 2. The summed E-state index contributed by atoms with van der Waals surface area (Å²) in [6.07, 6.45) is -0.640. The number of Topliss-reactive ketones (excluding diaryl/α,β-unsaturated/α-hetero) is 2. The fraction of sp³-hybridized carbons (Fsp3) is 0.259. The number of rotatable bonds is 7. The van der Waals surface area contributed by atoms with E-state index in [1.807, 2.05) is 25.3 Å². The Morgan fingerprint density at radius 1 is 0.821 bits per heavy atom. The minimum absolute atomic E-state index is 0.321. The Labute approximate surface area is 226 Å². The number of aliphatic carboxylic acids is 2. The van der Waals surface area contributed by atoms with Gasteiger partial charge in [0.2, 0.25) is 11.6 Å². The van der Waals surface area contributed by atoms with Crippen LogP contribution in [0.2, 0.25) is 0 Å². The molecule has 0 unspecified atom stereocenters. The number of hydrogen-bond acceptors (Lipinski definition) is 10. The molecule has 2 heterocycles. The summed E-state index contributed by atoms with van der Waals surface area (Å²) in [5.74, 6) is -7.21. The number of ketones is 2. The summed E-state index contributed by atoms with van der Waals surface area (Å²) in [5.41, 5.74) is -3.38. The first kappa shape index (κ1) is 29.6. The van der Waals surface area contributed by atoms with Gasteiger partial charge in [-0.15, -0.1) is 11.3 Å². The molecule has 1 aliphatic rings. The normalized spacial score (nSPS) is 20.5. The van der Waals surface area contributed by atoms with Gasteiger partial charge in [-0.3, -0.25) is 9.59 Å². The number of fused-ring (bicyclic) bond motifs is 1. The monoisotopic (exact) mass is 557 g/mol. The highest BCUT2D eigenvalue weighted by atomic mass is 32.1. The Kier molecular flexibility index (Phi) is 8.39. The van der Waals surface area contributed by atoms with Gasteiger partial charge >= 0.3 is 11.9 Å². The molecule has 0 amide bonds. The number of carboxylic acid groups (broad SMARTS) is 2. The third-order valence-corrected chi connectivity index (χ3v) is 7.26. The first-order valence-electron chi connectivity index (χ1n) is 11.5. The summed E-state index contributed by atoms with van der Waals surface area (Å²) in [5, 5.41) is 51.6. The van der Waals surface area contributed by atoms with Gasteiger partial charge < -0.3 is 36.0 Å². The first-order valence-corrected chi connectivity index (χ1v) is 12.4. The van der Waals surface area contributed by atoms with Crippen molar-refractivity contribution in [3.63, 3.8) is 0 Å². The molecule has 39 heavy (non-hydrogen) atoms. The minimum atomic E-state index is -3.95. The number of ether oxygens (including phenoxy) is 1. The van der Waals surface area contributed by atoms with Crippen molar-refractivity contribution in [3.05, 3.63) is 88.1 Å². The smallest absolute Gasteiger partial charge is 0.348 e. The van der Waals surface area contributed by atoms with E-state index in [2.05, 4.69) is 0 Å². The topological polar surface area (TPSA) is 205 Å². The molecule has 11 nitrogen and oxygen atoms in total. The molecule has 1 aliphatic heterocycles. The zero-order valence-electron chi connectivity index (χ0n) is 20.8. The number of thiophene rings is 1. The van der Waals surface area contributed by atoms with Crippen LogP contribution in [-0.4, -0.2) is 71.9 Å². The van der Waals surface area contributed by atoms with E-state index < -0.39 is 57.5 Å². The van der Waals surface area contributed by atoms with E-state index in [0.717, 1.165) is 34.9 Å². The number of aliphatic hydroxyl groups excluding tert-OH is 1. The molecule has 0 saturated heterocycles. The van der Waals surface area contributed by atoms with Gasteiger partial charge in [-0.05, 0) is 25.3 Å². The van der Waals surface area contributed by atoms with Gasteiger partial charge in [0, 0.05) is 11.1 Å². The number of hydrogen-bond donors (Lipinski definition) is 6. The van der Waals surface area contributed by atoms with Crippen LogP contribution >= 0.6 is 11.3 Å². The van der Waals surface area contributed by atoms with Crippen LogP contribution in [0.1, 0.15) is 45.5 Å². The van der Waals surface area contributed by atoms with E-state index in [1.165, 1.54) is 47.7 Å². The SMILES string of the molecule is CC1(C)Oc2ccsc2[C@@H](N)[C@@H]1O.O=C(O)[C@](O)(C(=O)c1ccccc1)[C@](O)(C(=O)O)C(=O)c1ccccc1. The van der Waals surface area contributed by atoms with Crippen LogP contribution in [-0.2, 0) is 9.59 Å². The predicted octanol–water partition coefficient (Wildman–Crippen LogP) is 1.66. The molecular weight excluding hydrogens is 530 g/mol. The van der Waals surface area contributed by atoms with Gasteiger partial charge in [0.25, 0.3) is 11.2 Å². The van der Waals surface area contributed by atoms with Crippen LogP contribution in [0.3, 0.4) is 0 Å². The lowest BCUT2D eigenvalue weighted by atomic mass is 9.73. The summed E-state index contributed by atoms with van der Waals surface area (Å²) in [6, 6.07) is 14.4. The van der Waals surface area contributed by atoms with Crippen LogP contribution in [0.4, 0.5) is 0 Å². The number of carbonyl (C=O) groups is 4. The van der Waals surface area contributed by atoms with Crippen molar-refractivity contribution in [2.75, 3.05) is 0 Å². The standard InChI is InChI=1S/C18H14O8.C9H13NO2S/c19-13(11-7-3-1-4-8-11)17(25,15(21)22)18(26,16(23)24)14(20)12-9-5-2-6-10-12;1-9(2)8(11)6(10)7-5(12-9)3-4-13-7/h1-10,25-26H,(H,21,22)(H,23,24);3-4,6,8,11H,10H2,1-2H3/t17-,18-;6-,8+/m11/s1. The van der Waals surface area contributed by atoms with Crippen molar-refractivity contribution in [3.8, 4) is 5.75 Å². The van der Waals surface area contributed by atoms with E-state index in [-0.39, 0.29) is 6.04 Å². The summed E-state index contributed by atoms with van der Waals surface area (Å²) in [4.78, 5) is 49.5. The van der Waals surface area contributed by atoms with Gasteiger partial charge in [0.05, 0.1) is 10.9 Å². The Balaban J connectivity index is 0.000000268. The predicted molar refractivity (Wildman–Crippen MR) is 139 cm³/mol. The largest absolute Gasteiger partial charge is 0.484 e. The molecule has 0 saturated carbocycles. The molecule has 2 aromatic carbocycles. The van der Waals surface area contributed by atoms with E-state index in [9.17, 15) is 44.7 Å². The van der Waals surface area contributed by atoms with Gasteiger partial charge in [0.15, 0.2) is 0 Å². The number of carboxylic acids is 2. The quantitative estimate of drug-likeness (QED) is 0.182. The lowest BCUT2D eigenvalue weighted by Crippen LogP contribution is -2.71. The average molecular weight is 558 g/mol. The van der Waals surface area contributed by atoms with Gasteiger partial charge in [0.1, 0.15) is 17.5 Å². The van der Waals surface area contributed by atoms with E-state index >= 15 is 0 Å². The molecule has 1 aromatic heterocycles. The molecule has 0 fully saturated rings.